The molecule has 3 rings (SSSR count). The number of hydrogen-bond acceptors (Lipinski definition) is 6. The van der Waals surface area contributed by atoms with Gasteiger partial charge in [-0.3, -0.25) is 9.59 Å². The van der Waals surface area contributed by atoms with Crippen molar-refractivity contribution in [3.05, 3.63) is 54.1 Å². The number of ether oxygens (including phenoxy) is 2. The van der Waals surface area contributed by atoms with Crippen molar-refractivity contribution in [2.24, 2.45) is 5.73 Å². The number of para-hydroxylation sites is 2. The molecule has 1 aliphatic heterocycles. The van der Waals surface area contributed by atoms with Gasteiger partial charge in [0.1, 0.15) is 5.75 Å². The Labute approximate surface area is 164 Å². The Balaban J connectivity index is 1.62. The molecule has 2 aromatic carbocycles. The van der Waals surface area contributed by atoms with Crippen LogP contribution in [0.15, 0.2) is 48.5 Å². The van der Waals surface area contributed by atoms with Crippen molar-refractivity contribution in [1.29, 1.82) is 0 Å². The molecule has 1 heterocycles. The van der Waals surface area contributed by atoms with Gasteiger partial charge in [0.25, 0.3) is 0 Å². The Morgan fingerprint density at radius 2 is 1.82 bits per heavy atom. The molecule has 1 saturated heterocycles. The first-order valence-corrected chi connectivity index (χ1v) is 9.28. The molecule has 1 aliphatic rings. The topological polar surface area (TPSA) is 93.9 Å². The van der Waals surface area contributed by atoms with Crippen LogP contribution in [0.25, 0.3) is 0 Å². The zero-order valence-electron chi connectivity index (χ0n) is 15.9. The van der Waals surface area contributed by atoms with Gasteiger partial charge in [-0.25, -0.2) is 0 Å². The van der Waals surface area contributed by atoms with E-state index in [2.05, 4.69) is 10.2 Å². The van der Waals surface area contributed by atoms with Gasteiger partial charge in [-0.05, 0) is 36.2 Å². The Morgan fingerprint density at radius 1 is 1.14 bits per heavy atom. The predicted octanol–water partition coefficient (Wildman–Crippen LogP) is 1.96. The lowest BCUT2D eigenvalue weighted by Gasteiger charge is -2.30. The molecule has 1 atom stereocenters. The summed E-state index contributed by atoms with van der Waals surface area (Å²) >= 11 is 0. The molecule has 7 heteroatoms. The maximum Gasteiger partial charge on any atom is 0.308 e. The maximum absolute atomic E-state index is 12.6. The van der Waals surface area contributed by atoms with Crippen LogP contribution in [0.3, 0.4) is 0 Å². The number of amides is 1. The first-order chi connectivity index (χ1) is 13.5. The van der Waals surface area contributed by atoms with Crippen LogP contribution in [0.1, 0.15) is 12.5 Å². The van der Waals surface area contributed by atoms with Gasteiger partial charge in [-0.15, -0.1) is 0 Å². The molecule has 1 fully saturated rings. The van der Waals surface area contributed by atoms with Crippen LogP contribution in [0.2, 0.25) is 0 Å². The van der Waals surface area contributed by atoms with E-state index < -0.39 is 6.04 Å². The van der Waals surface area contributed by atoms with Gasteiger partial charge in [0.15, 0.2) is 0 Å². The van der Waals surface area contributed by atoms with Gasteiger partial charge in [0.05, 0.1) is 30.6 Å². The van der Waals surface area contributed by atoms with E-state index in [1.807, 2.05) is 24.3 Å². The van der Waals surface area contributed by atoms with Crippen LogP contribution >= 0.6 is 0 Å². The summed E-state index contributed by atoms with van der Waals surface area (Å²) in [5.41, 5.74) is 8.72. The molecule has 1 amide bonds. The van der Waals surface area contributed by atoms with Crippen LogP contribution in [-0.2, 0) is 20.7 Å². The number of morpholine rings is 1. The summed E-state index contributed by atoms with van der Waals surface area (Å²) in [5.74, 6) is -0.152. The zero-order chi connectivity index (χ0) is 19.9. The minimum Gasteiger partial charge on any atom is -0.427 e. The molecule has 0 bridgehead atoms. The van der Waals surface area contributed by atoms with E-state index in [0.717, 1.165) is 30.0 Å². The van der Waals surface area contributed by atoms with E-state index in [9.17, 15) is 9.59 Å². The summed E-state index contributed by atoms with van der Waals surface area (Å²) in [6.07, 6.45) is 0.381. The Morgan fingerprint density at radius 3 is 2.50 bits per heavy atom. The second-order valence-corrected chi connectivity index (χ2v) is 6.65. The molecular formula is C21H25N3O4. The zero-order valence-corrected chi connectivity index (χ0v) is 15.9. The van der Waals surface area contributed by atoms with Crippen LogP contribution in [0, 0.1) is 0 Å². The number of carbonyl (C=O) groups excluding carboxylic acids is 2. The number of rotatable bonds is 6. The normalized spacial score (nSPS) is 15.0. The molecule has 7 nitrogen and oxygen atoms in total. The van der Waals surface area contributed by atoms with Crippen LogP contribution < -0.4 is 20.7 Å². The fraction of sp³-hybridized carbons (Fsp3) is 0.333. The monoisotopic (exact) mass is 383 g/mol. The van der Waals surface area contributed by atoms with Gasteiger partial charge in [0.2, 0.25) is 5.91 Å². The highest BCUT2D eigenvalue weighted by molar-refractivity contribution is 5.97. The van der Waals surface area contributed by atoms with Gasteiger partial charge < -0.3 is 25.4 Å². The van der Waals surface area contributed by atoms with Crippen LogP contribution in [0.5, 0.6) is 5.75 Å². The molecule has 0 aromatic heterocycles. The van der Waals surface area contributed by atoms with Crippen molar-refractivity contribution in [1.82, 2.24) is 0 Å². The van der Waals surface area contributed by atoms with Crippen molar-refractivity contribution >= 4 is 23.3 Å². The van der Waals surface area contributed by atoms with Gasteiger partial charge in [0, 0.05) is 20.0 Å². The number of nitrogens with one attached hydrogen (secondary N) is 1. The number of hydrogen-bond donors (Lipinski definition) is 2. The molecule has 2 aromatic rings. The SMILES string of the molecule is CC(=O)Oc1ccc(CC(N)C(=O)Nc2ccccc2N2CCOCC2)cc1. The van der Waals surface area contributed by atoms with Crippen molar-refractivity contribution in [3.63, 3.8) is 0 Å². The number of nitrogens with zero attached hydrogens (tertiary/aromatic N) is 1. The van der Waals surface area contributed by atoms with Crippen LogP contribution in [-0.4, -0.2) is 44.2 Å². The van der Waals surface area contributed by atoms with Gasteiger partial charge >= 0.3 is 5.97 Å². The molecule has 28 heavy (non-hydrogen) atoms. The second-order valence-electron chi connectivity index (χ2n) is 6.65. The lowest BCUT2D eigenvalue weighted by Crippen LogP contribution is -2.39. The molecule has 1 unspecified atom stereocenters. The lowest BCUT2D eigenvalue weighted by molar-refractivity contribution is -0.131. The fourth-order valence-corrected chi connectivity index (χ4v) is 3.09. The molecule has 0 aliphatic carbocycles. The van der Waals surface area contributed by atoms with E-state index >= 15 is 0 Å². The Hall–Kier alpha value is -2.90. The molecule has 0 radical (unpaired) electrons. The Bertz CT molecular complexity index is 817. The molecule has 148 valence electrons. The second kappa shape index (κ2) is 9.34. The summed E-state index contributed by atoms with van der Waals surface area (Å²) in [7, 11) is 0. The summed E-state index contributed by atoms with van der Waals surface area (Å²) in [6.45, 7) is 4.26. The highest BCUT2D eigenvalue weighted by Gasteiger charge is 2.19. The average molecular weight is 383 g/mol. The first-order valence-electron chi connectivity index (χ1n) is 9.28. The smallest absolute Gasteiger partial charge is 0.308 e. The summed E-state index contributed by atoms with van der Waals surface area (Å²) in [5, 5.41) is 2.95. The number of carbonyl (C=O) groups is 2. The molecule has 0 spiro atoms. The van der Waals surface area contributed by atoms with Gasteiger partial charge in [-0.1, -0.05) is 24.3 Å². The fourth-order valence-electron chi connectivity index (χ4n) is 3.09. The number of nitrogens with two attached hydrogens (primary N) is 1. The largest absolute Gasteiger partial charge is 0.427 e. The summed E-state index contributed by atoms with van der Waals surface area (Å²) < 4.78 is 10.4. The molecule has 0 saturated carbocycles. The van der Waals surface area contributed by atoms with E-state index in [0.29, 0.717) is 25.4 Å². The van der Waals surface area contributed by atoms with Crippen molar-refractivity contribution < 1.29 is 19.1 Å². The lowest BCUT2D eigenvalue weighted by atomic mass is 10.1. The van der Waals surface area contributed by atoms with E-state index in [1.165, 1.54) is 6.92 Å². The summed E-state index contributed by atoms with van der Waals surface area (Å²) in [4.78, 5) is 25.8. The number of esters is 1. The number of anilines is 2. The Kier molecular flexibility index (Phi) is 6.62. The number of benzene rings is 2. The van der Waals surface area contributed by atoms with Gasteiger partial charge in [-0.2, -0.15) is 0 Å². The quantitative estimate of drug-likeness (QED) is 0.585. The highest BCUT2D eigenvalue weighted by atomic mass is 16.5. The third kappa shape index (κ3) is 5.31. The first kappa shape index (κ1) is 19.9. The summed E-state index contributed by atoms with van der Waals surface area (Å²) in [6, 6.07) is 14.0. The molecular weight excluding hydrogens is 358 g/mol. The predicted molar refractivity (Wildman–Crippen MR) is 108 cm³/mol. The van der Waals surface area contributed by atoms with Crippen molar-refractivity contribution in [3.8, 4) is 5.75 Å². The van der Waals surface area contributed by atoms with E-state index in [-0.39, 0.29) is 11.9 Å². The maximum atomic E-state index is 12.6. The standard InChI is InChI=1S/C21H25N3O4/c1-15(25)28-17-8-6-16(7-9-17)14-18(22)21(26)23-19-4-2-3-5-20(19)24-10-12-27-13-11-24/h2-9,18H,10-14,22H2,1H3,(H,23,26). The minimum atomic E-state index is -0.697. The minimum absolute atomic E-state index is 0.246. The van der Waals surface area contributed by atoms with Crippen molar-refractivity contribution in [2.45, 2.75) is 19.4 Å². The van der Waals surface area contributed by atoms with E-state index in [4.69, 9.17) is 15.2 Å². The van der Waals surface area contributed by atoms with Crippen LogP contribution in [0.4, 0.5) is 11.4 Å². The molecule has 3 N–H and O–H groups in total. The third-order valence-electron chi connectivity index (χ3n) is 4.49. The van der Waals surface area contributed by atoms with Crippen molar-refractivity contribution in [2.75, 3.05) is 36.5 Å². The highest BCUT2D eigenvalue weighted by Crippen LogP contribution is 2.26. The van der Waals surface area contributed by atoms with E-state index in [1.54, 1.807) is 24.3 Å². The average Bonchev–Trinajstić information content (AvgIpc) is 2.70. The third-order valence-corrected chi connectivity index (χ3v) is 4.49.